The topological polar surface area (TPSA) is 164 Å². The van der Waals surface area contributed by atoms with Crippen LogP contribution in [0, 0.1) is 0 Å². The maximum absolute atomic E-state index is 13.8. The molecule has 2 aliphatic carbocycles. The fraction of sp³-hybridized carbons (Fsp3) is 0.444. The maximum atomic E-state index is 13.8. The van der Waals surface area contributed by atoms with Crippen molar-refractivity contribution in [3.8, 4) is 17.3 Å². The number of nitrogens with zero attached hydrogens (tertiary/aromatic N) is 7. The molecule has 2 aliphatic rings. The lowest BCUT2D eigenvalue weighted by molar-refractivity contribution is 0.00636. The molecule has 0 atom stereocenters. The highest BCUT2D eigenvalue weighted by Gasteiger charge is 2.35. The zero-order valence-corrected chi connectivity index (χ0v) is 23.8. The quantitative estimate of drug-likeness (QED) is 0.293. The number of rotatable bonds is 10. The molecule has 6 rings (SSSR count). The monoisotopic (exact) mass is 578 g/mol. The standard InChI is InChI=1S/C27H30N8O5S/c1-4-41(37,38)19-8-7-16(28-12-19)11-29-24-27(36)35(17-9-18(10-17)39-2)25-20(33-24)13-30-23(34-25)21-22(15-5-6-15)31-14-32-26(21)40-3/h7-8,12-15,17-18H,4-6,9-11H2,1-3H3,(H,29,33)/t17-,18-. The average molecular weight is 579 g/mol. The molecule has 2 fully saturated rings. The van der Waals surface area contributed by atoms with Gasteiger partial charge in [0.05, 0.1) is 48.0 Å². The van der Waals surface area contributed by atoms with Crippen molar-refractivity contribution in [3.05, 3.63) is 52.6 Å². The van der Waals surface area contributed by atoms with Crippen LogP contribution in [0.15, 0.2) is 40.5 Å². The van der Waals surface area contributed by atoms with E-state index in [4.69, 9.17) is 14.5 Å². The van der Waals surface area contributed by atoms with Crippen LogP contribution >= 0.6 is 0 Å². The maximum Gasteiger partial charge on any atom is 0.295 e. The third-order valence-corrected chi connectivity index (χ3v) is 9.32. The zero-order valence-electron chi connectivity index (χ0n) is 22.9. The molecule has 4 aromatic rings. The van der Waals surface area contributed by atoms with Crippen LogP contribution < -0.4 is 15.6 Å². The van der Waals surface area contributed by atoms with E-state index in [0.717, 1.165) is 18.5 Å². The van der Waals surface area contributed by atoms with Crippen molar-refractivity contribution in [2.45, 2.75) is 62.1 Å². The van der Waals surface area contributed by atoms with E-state index in [0.29, 0.717) is 52.9 Å². The molecular formula is C27H30N8O5S. The highest BCUT2D eigenvalue weighted by atomic mass is 32.2. The van der Waals surface area contributed by atoms with Crippen LogP contribution in [-0.2, 0) is 21.1 Å². The number of hydrogen-bond acceptors (Lipinski definition) is 12. The lowest BCUT2D eigenvalue weighted by Gasteiger charge is -2.35. The van der Waals surface area contributed by atoms with E-state index in [2.05, 4.69) is 30.2 Å². The van der Waals surface area contributed by atoms with Gasteiger partial charge in [0.1, 0.15) is 17.4 Å². The zero-order chi connectivity index (χ0) is 28.7. The number of fused-ring (bicyclic) bond motifs is 1. The van der Waals surface area contributed by atoms with Crippen molar-refractivity contribution < 1.29 is 17.9 Å². The second-order valence-electron chi connectivity index (χ2n) is 10.2. The van der Waals surface area contributed by atoms with Crippen molar-refractivity contribution in [3.63, 3.8) is 0 Å². The first-order valence-electron chi connectivity index (χ1n) is 13.5. The molecule has 0 saturated heterocycles. The molecule has 0 bridgehead atoms. The Bertz CT molecular complexity index is 1770. The summed E-state index contributed by atoms with van der Waals surface area (Å²) in [6.07, 6.45) is 7.83. The third kappa shape index (κ3) is 5.12. The Balaban J connectivity index is 1.39. The predicted octanol–water partition coefficient (Wildman–Crippen LogP) is 2.68. The molecule has 0 spiro atoms. The van der Waals surface area contributed by atoms with Crippen molar-refractivity contribution >= 4 is 26.8 Å². The molecule has 0 aliphatic heterocycles. The first-order valence-corrected chi connectivity index (χ1v) is 15.1. The molecule has 0 aromatic carbocycles. The minimum Gasteiger partial charge on any atom is -0.480 e. The molecule has 0 amide bonds. The van der Waals surface area contributed by atoms with E-state index in [-0.39, 0.29) is 40.7 Å². The number of hydrogen-bond donors (Lipinski definition) is 1. The van der Waals surface area contributed by atoms with Crippen LogP contribution in [-0.4, -0.2) is 69.0 Å². The van der Waals surface area contributed by atoms with Crippen molar-refractivity contribution in [1.29, 1.82) is 0 Å². The summed E-state index contributed by atoms with van der Waals surface area (Å²) in [6, 6.07) is 3.00. The second-order valence-corrected chi connectivity index (χ2v) is 12.5. The van der Waals surface area contributed by atoms with Gasteiger partial charge in [-0.15, -0.1) is 0 Å². The summed E-state index contributed by atoms with van der Waals surface area (Å²) in [5, 5.41) is 3.08. The highest BCUT2D eigenvalue weighted by Crippen LogP contribution is 2.45. The number of nitrogens with one attached hydrogen (secondary N) is 1. The molecule has 4 aromatic heterocycles. The van der Waals surface area contributed by atoms with Crippen LogP contribution in [0.5, 0.6) is 5.88 Å². The van der Waals surface area contributed by atoms with Crippen LogP contribution in [0.2, 0.25) is 0 Å². The van der Waals surface area contributed by atoms with Gasteiger partial charge in [-0.2, -0.15) is 0 Å². The van der Waals surface area contributed by atoms with E-state index in [1.807, 2.05) is 0 Å². The first kappa shape index (κ1) is 27.1. The summed E-state index contributed by atoms with van der Waals surface area (Å²) in [5.41, 5.74) is 2.55. The van der Waals surface area contributed by atoms with E-state index in [1.54, 1.807) is 38.0 Å². The molecule has 4 heterocycles. The average Bonchev–Trinajstić information content (AvgIpc) is 3.82. The molecule has 14 heteroatoms. The number of ether oxygens (including phenoxy) is 2. The Morgan fingerprint density at radius 2 is 1.85 bits per heavy atom. The van der Waals surface area contributed by atoms with Gasteiger partial charge in [0.15, 0.2) is 27.1 Å². The molecular weight excluding hydrogens is 548 g/mol. The van der Waals surface area contributed by atoms with Crippen molar-refractivity contribution in [2.24, 2.45) is 0 Å². The van der Waals surface area contributed by atoms with Crippen LogP contribution in [0.1, 0.15) is 56.0 Å². The fourth-order valence-corrected chi connectivity index (χ4v) is 5.79. The molecule has 1 N–H and O–H groups in total. The van der Waals surface area contributed by atoms with Crippen LogP contribution in [0.25, 0.3) is 22.6 Å². The van der Waals surface area contributed by atoms with Crippen LogP contribution in [0.4, 0.5) is 5.82 Å². The Morgan fingerprint density at radius 1 is 1.05 bits per heavy atom. The van der Waals surface area contributed by atoms with Gasteiger partial charge >= 0.3 is 0 Å². The molecule has 0 radical (unpaired) electrons. The number of sulfone groups is 1. The Kier molecular flexibility index (Phi) is 7.11. The number of aromatic nitrogens is 7. The van der Waals surface area contributed by atoms with E-state index in [9.17, 15) is 13.2 Å². The summed E-state index contributed by atoms with van der Waals surface area (Å²) in [7, 11) is -0.148. The summed E-state index contributed by atoms with van der Waals surface area (Å²) < 4.78 is 36.9. The number of pyridine rings is 1. The van der Waals surface area contributed by atoms with Crippen LogP contribution in [0.3, 0.4) is 0 Å². The highest BCUT2D eigenvalue weighted by molar-refractivity contribution is 7.91. The lowest BCUT2D eigenvalue weighted by Crippen LogP contribution is -2.39. The second kappa shape index (κ2) is 10.7. The minimum atomic E-state index is -3.35. The third-order valence-electron chi connectivity index (χ3n) is 7.60. The van der Waals surface area contributed by atoms with E-state index >= 15 is 0 Å². The first-order chi connectivity index (χ1) is 19.8. The van der Waals surface area contributed by atoms with Gasteiger partial charge in [-0.1, -0.05) is 6.92 Å². The summed E-state index contributed by atoms with van der Waals surface area (Å²) in [6.45, 7) is 1.76. The lowest BCUT2D eigenvalue weighted by atomic mass is 9.89. The van der Waals surface area contributed by atoms with Gasteiger partial charge in [-0.05, 0) is 37.8 Å². The summed E-state index contributed by atoms with van der Waals surface area (Å²) in [5.74, 6) is 1.18. The molecule has 214 valence electrons. The van der Waals surface area contributed by atoms with Crippen molar-refractivity contribution in [1.82, 2.24) is 34.5 Å². The number of anilines is 1. The summed E-state index contributed by atoms with van der Waals surface area (Å²) in [4.78, 5) is 41.0. The minimum absolute atomic E-state index is 0.00627. The Hall–Kier alpha value is -4.04. The Morgan fingerprint density at radius 3 is 2.51 bits per heavy atom. The van der Waals surface area contributed by atoms with E-state index < -0.39 is 9.84 Å². The number of methoxy groups -OCH3 is 2. The fourth-order valence-electron chi connectivity index (χ4n) is 4.97. The smallest absolute Gasteiger partial charge is 0.295 e. The molecule has 13 nitrogen and oxygen atoms in total. The van der Waals surface area contributed by atoms with Crippen molar-refractivity contribution in [2.75, 3.05) is 25.3 Å². The van der Waals surface area contributed by atoms with Gasteiger partial charge in [-0.3, -0.25) is 14.3 Å². The Labute approximate surface area is 236 Å². The molecule has 41 heavy (non-hydrogen) atoms. The van der Waals surface area contributed by atoms with Gasteiger partial charge < -0.3 is 14.8 Å². The molecule has 0 unspecified atom stereocenters. The largest absolute Gasteiger partial charge is 0.480 e. The normalized spacial score (nSPS) is 18.7. The van der Waals surface area contributed by atoms with Gasteiger partial charge in [0, 0.05) is 25.3 Å². The molecule has 2 saturated carbocycles. The summed E-state index contributed by atoms with van der Waals surface area (Å²) >= 11 is 0. The SMILES string of the molecule is CCS(=O)(=O)c1ccc(CNc2nc3cnc(-c4c(OC)ncnc4C4CC4)nc3n([C@H]3C[C@H](OC)C3)c2=O)nc1. The van der Waals surface area contributed by atoms with Gasteiger partial charge in [0.2, 0.25) is 5.88 Å². The van der Waals surface area contributed by atoms with Gasteiger partial charge in [-0.25, -0.2) is 33.3 Å². The predicted molar refractivity (Wildman–Crippen MR) is 150 cm³/mol. The van der Waals surface area contributed by atoms with E-state index in [1.165, 1.54) is 18.6 Å². The van der Waals surface area contributed by atoms with Gasteiger partial charge in [0.25, 0.3) is 5.56 Å².